The molecule has 1 N–H and O–H groups in total. The van der Waals surface area contributed by atoms with Crippen LogP contribution in [0.2, 0.25) is 0 Å². The number of ether oxygens (including phenoxy) is 2. The lowest BCUT2D eigenvalue weighted by Crippen LogP contribution is -2.28. The van der Waals surface area contributed by atoms with E-state index in [0.29, 0.717) is 12.0 Å². The fourth-order valence-corrected chi connectivity index (χ4v) is 4.23. The number of rotatable bonds is 6. The SMILES string of the molecule is COc1cc(CN2CCC3(CCNC3)C2)ccc1OCc1ccccc1. The van der Waals surface area contributed by atoms with Crippen molar-refractivity contribution in [1.29, 1.82) is 0 Å². The molecule has 0 aliphatic carbocycles. The van der Waals surface area contributed by atoms with Gasteiger partial charge in [0.2, 0.25) is 0 Å². The molecule has 4 rings (SSSR count). The summed E-state index contributed by atoms with van der Waals surface area (Å²) >= 11 is 0. The Bertz CT molecular complexity index is 726. The molecule has 26 heavy (non-hydrogen) atoms. The van der Waals surface area contributed by atoms with Gasteiger partial charge in [0, 0.05) is 19.6 Å². The molecule has 2 aliphatic rings. The van der Waals surface area contributed by atoms with E-state index < -0.39 is 0 Å². The molecule has 2 aromatic rings. The number of hydrogen-bond donors (Lipinski definition) is 1. The van der Waals surface area contributed by atoms with E-state index >= 15 is 0 Å². The highest BCUT2D eigenvalue weighted by atomic mass is 16.5. The van der Waals surface area contributed by atoms with Crippen LogP contribution in [0.5, 0.6) is 11.5 Å². The molecule has 1 spiro atoms. The number of methoxy groups -OCH3 is 1. The second-order valence-electron chi connectivity index (χ2n) is 7.65. The van der Waals surface area contributed by atoms with Crippen LogP contribution < -0.4 is 14.8 Å². The highest BCUT2D eigenvalue weighted by Crippen LogP contribution is 2.37. The number of nitrogens with zero attached hydrogens (tertiary/aromatic N) is 1. The van der Waals surface area contributed by atoms with Gasteiger partial charge in [-0.3, -0.25) is 4.90 Å². The fourth-order valence-electron chi connectivity index (χ4n) is 4.23. The van der Waals surface area contributed by atoms with E-state index in [1.807, 2.05) is 24.3 Å². The second kappa shape index (κ2) is 7.68. The molecule has 0 amide bonds. The number of benzene rings is 2. The first-order valence-corrected chi connectivity index (χ1v) is 9.53. The maximum atomic E-state index is 5.97. The first-order valence-electron chi connectivity index (χ1n) is 9.53. The highest BCUT2D eigenvalue weighted by molar-refractivity contribution is 5.43. The minimum atomic E-state index is 0.517. The highest BCUT2D eigenvalue weighted by Gasteiger charge is 2.40. The minimum absolute atomic E-state index is 0.517. The summed E-state index contributed by atoms with van der Waals surface area (Å²) in [5.74, 6) is 1.62. The molecule has 4 nitrogen and oxygen atoms in total. The third-order valence-corrected chi connectivity index (χ3v) is 5.72. The van der Waals surface area contributed by atoms with Gasteiger partial charge >= 0.3 is 0 Å². The van der Waals surface area contributed by atoms with Crippen molar-refractivity contribution in [2.45, 2.75) is 26.0 Å². The van der Waals surface area contributed by atoms with E-state index in [1.54, 1.807) is 7.11 Å². The van der Waals surface area contributed by atoms with Crippen molar-refractivity contribution in [2.75, 3.05) is 33.3 Å². The van der Waals surface area contributed by atoms with E-state index in [9.17, 15) is 0 Å². The summed E-state index contributed by atoms with van der Waals surface area (Å²) < 4.78 is 11.5. The smallest absolute Gasteiger partial charge is 0.161 e. The van der Waals surface area contributed by atoms with Crippen LogP contribution in [-0.4, -0.2) is 38.2 Å². The summed E-state index contributed by atoms with van der Waals surface area (Å²) in [5.41, 5.74) is 2.96. The van der Waals surface area contributed by atoms with E-state index in [2.05, 4.69) is 34.5 Å². The van der Waals surface area contributed by atoms with Gasteiger partial charge in [0.1, 0.15) is 6.61 Å². The maximum Gasteiger partial charge on any atom is 0.161 e. The van der Waals surface area contributed by atoms with Gasteiger partial charge in [0.25, 0.3) is 0 Å². The molecule has 0 bridgehead atoms. The molecule has 0 saturated carbocycles. The summed E-state index contributed by atoms with van der Waals surface area (Å²) in [6.07, 6.45) is 2.63. The summed E-state index contributed by atoms with van der Waals surface area (Å²) in [5, 5.41) is 3.53. The average Bonchev–Trinajstić information content (AvgIpc) is 3.31. The van der Waals surface area contributed by atoms with Crippen molar-refractivity contribution < 1.29 is 9.47 Å². The molecular weight excluding hydrogens is 324 g/mol. The topological polar surface area (TPSA) is 33.7 Å². The first-order chi connectivity index (χ1) is 12.8. The molecule has 2 aliphatic heterocycles. The fraction of sp³-hybridized carbons (Fsp3) is 0.455. The maximum absolute atomic E-state index is 5.97. The van der Waals surface area contributed by atoms with E-state index in [0.717, 1.165) is 23.6 Å². The molecule has 0 aromatic heterocycles. The monoisotopic (exact) mass is 352 g/mol. The van der Waals surface area contributed by atoms with Crippen LogP contribution >= 0.6 is 0 Å². The predicted molar refractivity (Wildman–Crippen MR) is 104 cm³/mol. The van der Waals surface area contributed by atoms with Crippen molar-refractivity contribution in [2.24, 2.45) is 5.41 Å². The van der Waals surface area contributed by atoms with Crippen molar-refractivity contribution in [3.63, 3.8) is 0 Å². The van der Waals surface area contributed by atoms with Gasteiger partial charge in [-0.05, 0) is 54.6 Å². The zero-order valence-electron chi connectivity index (χ0n) is 15.5. The third-order valence-electron chi connectivity index (χ3n) is 5.72. The number of nitrogens with one attached hydrogen (secondary N) is 1. The Balaban J connectivity index is 1.39. The van der Waals surface area contributed by atoms with Crippen LogP contribution in [0.1, 0.15) is 24.0 Å². The molecular formula is C22H28N2O2. The number of hydrogen-bond acceptors (Lipinski definition) is 4. The molecule has 1 atom stereocenters. The van der Waals surface area contributed by atoms with Crippen LogP contribution in [0.25, 0.3) is 0 Å². The Morgan fingerprint density at radius 2 is 1.92 bits per heavy atom. The molecule has 4 heteroatoms. The van der Waals surface area contributed by atoms with Crippen molar-refractivity contribution in [3.05, 3.63) is 59.7 Å². The van der Waals surface area contributed by atoms with Crippen molar-refractivity contribution >= 4 is 0 Å². The molecule has 1 unspecified atom stereocenters. The molecule has 2 aromatic carbocycles. The van der Waals surface area contributed by atoms with Crippen LogP contribution in [0.3, 0.4) is 0 Å². The summed E-state index contributed by atoms with van der Waals surface area (Å²) in [6.45, 7) is 6.29. The summed E-state index contributed by atoms with van der Waals surface area (Å²) in [6, 6.07) is 16.6. The average molecular weight is 352 g/mol. The molecule has 138 valence electrons. The van der Waals surface area contributed by atoms with Gasteiger partial charge in [-0.15, -0.1) is 0 Å². The van der Waals surface area contributed by atoms with Gasteiger partial charge in [0.05, 0.1) is 7.11 Å². The Morgan fingerprint density at radius 3 is 2.69 bits per heavy atom. The Morgan fingerprint density at radius 1 is 1.04 bits per heavy atom. The van der Waals surface area contributed by atoms with E-state index in [-0.39, 0.29) is 0 Å². The van der Waals surface area contributed by atoms with Crippen LogP contribution in [0.4, 0.5) is 0 Å². The lowest BCUT2D eigenvalue weighted by atomic mass is 9.86. The van der Waals surface area contributed by atoms with Crippen molar-refractivity contribution in [1.82, 2.24) is 10.2 Å². The zero-order chi connectivity index (χ0) is 17.8. The standard InChI is InChI=1S/C22H28N2O2/c1-25-21-13-19(14-24-12-10-22(17-24)9-11-23-16-22)7-8-20(21)26-15-18-5-3-2-4-6-18/h2-8,13,23H,9-12,14-17H2,1H3. The van der Waals surface area contributed by atoms with Gasteiger partial charge in [-0.1, -0.05) is 36.4 Å². The minimum Gasteiger partial charge on any atom is -0.493 e. The molecule has 0 radical (unpaired) electrons. The second-order valence-corrected chi connectivity index (χ2v) is 7.65. The van der Waals surface area contributed by atoms with Gasteiger partial charge in [-0.25, -0.2) is 0 Å². The third kappa shape index (κ3) is 3.87. The van der Waals surface area contributed by atoms with Crippen molar-refractivity contribution in [3.8, 4) is 11.5 Å². The Kier molecular flexibility index (Phi) is 5.14. The van der Waals surface area contributed by atoms with Gasteiger partial charge < -0.3 is 14.8 Å². The summed E-state index contributed by atoms with van der Waals surface area (Å²) in [7, 11) is 1.71. The molecule has 2 fully saturated rings. The van der Waals surface area contributed by atoms with Crippen LogP contribution in [0.15, 0.2) is 48.5 Å². The number of likely N-dealkylation sites (tertiary alicyclic amines) is 1. The lowest BCUT2D eigenvalue weighted by molar-refractivity contribution is 0.266. The van der Waals surface area contributed by atoms with Gasteiger partial charge in [-0.2, -0.15) is 0 Å². The largest absolute Gasteiger partial charge is 0.493 e. The lowest BCUT2D eigenvalue weighted by Gasteiger charge is -2.23. The van der Waals surface area contributed by atoms with Gasteiger partial charge in [0.15, 0.2) is 11.5 Å². The Hall–Kier alpha value is -2.04. The van der Waals surface area contributed by atoms with Crippen LogP contribution in [-0.2, 0) is 13.2 Å². The summed E-state index contributed by atoms with van der Waals surface area (Å²) in [4.78, 5) is 2.58. The molecule has 2 heterocycles. The predicted octanol–water partition coefficient (Wildman–Crippen LogP) is 3.46. The normalized spacial score (nSPS) is 22.8. The quantitative estimate of drug-likeness (QED) is 0.863. The van der Waals surface area contributed by atoms with E-state index in [1.165, 1.54) is 44.6 Å². The van der Waals surface area contributed by atoms with E-state index in [4.69, 9.17) is 9.47 Å². The Labute approximate surface area is 156 Å². The van der Waals surface area contributed by atoms with Crippen LogP contribution in [0, 0.1) is 5.41 Å². The molecule has 2 saturated heterocycles. The first kappa shape index (κ1) is 17.4. The zero-order valence-corrected chi connectivity index (χ0v) is 15.5.